The number of carbonyl (C=O) groups excluding carboxylic acids is 2. The van der Waals surface area contributed by atoms with Crippen molar-refractivity contribution in [3.63, 3.8) is 0 Å². The van der Waals surface area contributed by atoms with E-state index in [9.17, 15) is 9.59 Å². The first-order valence-corrected chi connectivity index (χ1v) is 14.6. The number of unbranched alkanes of at least 4 members (excludes halogenated alkanes) is 10. The molecule has 1 aromatic carbocycles. The molecule has 1 fully saturated rings. The molecule has 0 amide bonds. The fourth-order valence-corrected chi connectivity index (χ4v) is 5.09. The van der Waals surface area contributed by atoms with Crippen LogP contribution in [-0.4, -0.2) is 25.2 Å². The van der Waals surface area contributed by atoms with Gasteiger partial charge in [0, 0.05) is 35.6 Å². The molecule has 2 atom stereocenters. The largest absolute Gasteiger partial charge is 0.462 e. The second kappa shape index (κ2) is 20.1. The third-order valence-electron chi connectivity index (χ3n) is 7.41. The Morgan fingerprint density at radius 1 is 0.784 bits per heavy atom. The van der Waals surface area contributed by atoms with Crippen molar-refractivity contribution in [1.29, 1.82) is 0 Å². The van der Waals surface area contributed by atoms with E-state index >= 15 is 0 Å². The molecule has 37 heavy (non-hydrogen) atoms. The summed E-state index contributed by atoms with van der Waals surface area (Å²) < 4.78 is 10.7. The Hall–Kier alpha value is -0.905. The third-order valence-corrected chi connectivity index (χ3v) is 7.41. The SMILES string of the molecule is CC12C=CC(CC1)C2.CCCCCCCCOC(=O)c1ccccc1C(=O)OCCCCCCCC.[La]. The number of fused-ring (bicyclic) bond motifs is 2. The van der Waals surface area contributed by atoms with Gasteiger partial charge in [0.15, 0.2) is 0 Å². The van der Waals surface area contributed by atoms with E-state index in [0.717, 1.165) is 31.6 Å². The molecule has 3 rings (SSSR count). The second-order valence-corrected chi connectivity index (χ2v) is 10.9. The van der Waals surface area contributed by atoms with Gasteiger partial charge in [0.1, 0.15) is 0 Å². The Bertz CT molecular complexity index is 757. The average Bonchev–Trinajstić information content (AvgIpc) is 3.46. The van der Waals surface area contributed by atoms with E-state index in [0.29, 0.717) is 29.8 Å². The first-order chi connectivity index (χ1) is 17.5. The molecule has 0 saturated heterocycles. The molecule has 2 aliphatic rings. The Morgan fingerprint density at radius 3 is 1.57 bits per heavy atom. The maximum absolute atomic E-state index is 12.4. The summed E-state index contributed by atoms with van der Waals surface area (Å²) in [4.78, 5) is 24.7. The van der Waals surface area contributed by atoms with Crippen LogP contribution in [0.25, 0.3) is 0 Å². The van der Waals surface area contributed by atoms with Gasteiger partial charge in [-0.25, -0.2) is 9.59 Å². The summed E-state index contributed by atoms with van der Waals surface area (Å²) in [6.07, 6.45) is 22.8. The predicted octanol–water partition coefficient (Wildman–Crippen LogP) is 9.08. The zero-order valence-corrected chi connectivity index (χ0v) is 27.4. The van der Waals surface area contributed by atoms with Crippen LogP contribution in [0.15, 0.2) is 36.4 Å². The van der Waals surface area contributed by atoms with Crippen molar-refractivity contribution in [3.8, 4) is 0 Å². The van der Waals surface area contributed by atoms with E-state index in [1.54, 1.807) is 24.3 Å². The van der Waals surface area contributed by atoms with Crippen LogP contribution in [0, 0.1) is 46.9 Å². The predicted molar refractivity (Wildman–Crippen MR) is 148 cm³/mol. The van der Waals surface area contributed by atoms with Crippen LogP contribution in [0.1, 0.15) is 138 Å². The minimum Gasteiger partial charge on any atom is -0.462 e. The zero-order valence-electron chi connectivity index (χ0n) is 23.8. The van der Waals surface area contributed by atoms with Gasteiger partial charge in [0.05, 0.1) is 24.3 Å². The standard InChI is InChI=1S/C24H38O4.C8H12.La/c1-3-5-7-9-11-15-19-27-23(25)21-17-13-14-18-22(21)24(26)28-20-16-12-10-8-6-4-2;1-8-4-2-7(6-8)3-5-8;/h13-14,17-18H,3-12,15-16,19-20H2,1-2H3;2,4,7H,3,5-6H2,1H3;. The van der Waals surface area contributed by atoms with Crippen LogP contribution in [-0.2, 0) is 9.47 Å². The molecule has 0 aromatic heterocycles. The topological polar surface area (TPSA) is 52.6 Å². The van der Waals surface area contributed by atoms with E-state index in [-0.39, 0.29) is 35.6 Å². The van der Waals surface area contributed by atoms with Crippen LogP contribution in [0.5, 0.6) is 0 Å². The molecule has 5 heteroatoms. The van der Waals surface area contributed by atoms with Gasteiger partial charge < -0.3 is 9.47 Å². The summed E-state index contributed by atoms with van der Waals surface area (Å²) in [5.41, 5.74) is 1.22. The van der Waals surface area contributed by atoms with Crippen molar-refractivity contribution in [3.05, 3.63) is 47.5 Å². The normalized spacial score (nSPS) is 19.1. The molecule has 1 saturated carbocycles. The molecular formula is C32H50LaO4. The van der Waals surface area contributed by atoms with Gasteiger partial charge in [-0.15, -0.1) is 0 Å². The molecule has 0 N–H and O–H groups in total. The molecule has 2 bridgehead atoms. The number of carbonyl (C=O) groups is 2. The maximum Gasteiger partial charge on any atom is 0.339 e. The zero-order chi connectivity index (χ0) is 26.1. The molecule has 1 aromatic rings. The average molecular weight is 638 g/mol. The van der Waals surface area contributed by atoms with Crippen LogP contribution < -0.4 is 0 Å². The maximum atomic E-state index is 12.4. The van der Waals surface area contributed by atoms with Gasteiger partial charge >= 0.3 is 11.9 Å². The van der Waals surface area contributed by atoms with Crippen molar-refractivity contribution in [2.24, 2.45) is 11.3 Å². The molecule has 205 valence electrons. The number of hydrogen-bond donors (Lipinski definition) is 0. The van der Waals surface area contributed by atoms with Gasteiger partial charge in [-0.1, -0.05) is 109 Å². The summed E-state index contributed by atoms with van der Waals surface area (Å²) in [5.74, 6) is 0.0707. The molecule has 2 unspecified atom stereocenters. The molecule has 4 nitrogen and oxygen atoms in total. The van der Waals surface area contributed by atoms with Crippen LogP contribution in [0.4, 0.5) is 0 Å². The minimum atomic E-state index is -0.444. The van der Waals surface area contributed by atoms with E-state index in [2.05, 4.69) is 32.9 Å². The fourth-order valence-electron chi connectivity index (χ4n) is 5.09. The number of esters is 2. The molecule has 2 aliphatic carbocycles. The van der Waals surface area contributed by atoms with Gasteiger partial charge in [-0.3, -0.25) is 0 Å². The molecule has 0 aliphatic heterocycles. The summed E-state index contributed by atoms with van der Waals surface area (Å²) in [6.45, 7) is 7.55. The van der Waals surface area contributed by atoms with Gasteiger partial charge in [0.2, 0.25) is 0 Å². The number of benzene rings is 1. The van der Waals surface area contributed by atoms with Crippen LogP contribution in [0.3, 0.4) is 0 Å². The molecule has 1 radical (unpaired) electrons. The fraction of sp³-hybridized carbons (Fsp3) is 0.688. The molecule has 0 heterocycles. The minimum absolute atomic E-state index is 0. The van der Waals surface area contributed by atoms with Crippen LogP contribution >= 0.6 is 0 Å². The second-order valence-electron chi connectivity index (χ2n) is 10.9. The number of hydrogen-bond acceptors (Lipinski definition) is 4. The summed E-state index contributed by atoms with van der Waals surface area (Å²) in [7, 11) is 0. The van der Waals surface area contributed by atoms with Crippen molar-refractivity contribution in [2.75, 3.05) is 13.2 Å². The van der Waals surface area contributed by atoms with Crippen molar-refractivity contribution >= 4 is 11.9 Å². The number of rotatable bonds is 16. The number of ether oxygens (including phenoxy) is 2. The van der Waals surface area contributed by atoms with Crippen molar-refractivity contribution in [2.45, 2.75) is 117 Å². The van der Waals surface area contributed by atoms with E-state index in [1.807, 2.05) is 0 Å². The Labute approximate surface area is 254 Å². The Kier molecular flexibility index (Phi) is 18.5. The quantitative estimate of drug-likeness (QED) is 0.103. The third kappa shape index (κ3) is 13.6. The Balaban J connectivity index is 0.000000633. The van der Waals surface area contributed by atoms with Crippen molar-refractivity contribution in [1.82, 2.24) is 0 Å². The summed E-state index contributed by atoms with van der Waals surface area (Å²) in [5, 5.41) is 0. The first-order valence-electron chi connectivity index (χ1n) is 14.6. The summed E-state index contributed by atoms with van der Waals surface area (Å²) >= 11 is 0. The van der Waals surface area contributed by atoms with Crippen LogP contribution in [0.2, 0.25) is 0 Å². The monoisotopic (exact) mass is 637 g/mol. The number of allylic oxidation sites excluding steroid dienone is 2. The van der Waals surface area contributed by atoms with Crippen molar-refractivity contribution < 1.29 is 54.7 Å². The molecular weight excluding hydrogens is 587 g/mol. The first kappa shape index (κ1) is 34.1. The van der Waals surface area contributed by atoms with Gasteiger partial charge in [-0.2, -0.15) is 0 Å². The van der Waals surface area contributed by atoms with E-state index < -0.39 is 11.9 Å². The Morgan fingerprint density at radius 2 is 1.24 bits per heavy atom. The van der Waals surface area contributed by atoms with E-state index in [1.165, 1.54) is 70.6 Å². The van der Waals surface area contributed by atoms with Gasteiger partial charge in [0.25, 0.3) is 0 Å². The van der Waals surface area contributed by atoms with Gasteiger partial charge in [-0.05, 0) is 55.6 Å². The molecule has 0 spiro atoms. The van der Waals surface area contributed by atoms with E-state index in [4.69, 9.17) is 9.47 Å². The summed E-state index contributed by atoms with van der Waals surface area (Å²) in [6, 6.07) is 6.74. The smallest absolute Gasteiger partial charge is 0.339 e.